The van der Waals surface area contributed by atoms with Gasteiger partial charge in [0.25, 0.3) is 0 Å². The van der Waals surface area contributed by atoms with Crippen LogP contribution in [0.5, 0.6) is 5.75 Å². The fourth-order valence-electron chi connectivity index (χ4n) is 1.20. The average molecular weight is 175 g/mol. The molecule has 2 rings (SSSR count). The summed E-state index contributed by atoms with van der Waals surface area (Å²) >= 11 is 0. The molecule has 2 aromatic rings. The number of hydrogen-bond donors (Lipinski definition) is 1. The fraction of sp³-hybridized carbons (Fsp3) is 0.111. The predicted molar refractivity (Wildman–Crippen MR) is 48.1 cm³/mol. The summed E-state index contributed by atoms with van der Waals surface area (Å²) in [6.07, 6.45) is 3.31. The van der Waals surface area contributed by atoms with Crippen LogP contribution >= 0.6 is 0 Å². The van der Waals surface area contributed by atoms with Crippen molar-refractivity contribution in [2.45, 2.75) is 0 Å². The summed E-state index contributed by atoms with van der Waals surface area (Å²) in [5, 5.41) is 13.5. The molecule has 0 unspecified atom stereocenters. The fourth-order valence-corrected chi connectivity index (χ4v) is 1.20. The second-order valence-electron chi connectivity index (χ2n) is 2.71. The molecule has 0 radical (unpaired) electrons. The molecule has 0 atom stereocenters. The maximum absolute atomic E-state index is 9.50. The molecule has 0 spiro atoms. The van der Waals surface area contributed by atoms with Gasteiger partial charge in [-0.3, -0.25) is 9.67 Å². The lowest BCUT2D eigenvalue weighted by Crippen LogP contribution is -1.94. The first kappa shape index (κ1) is 7.79. The van der Waals surface area contributed by atoms with E-state index in [0.717, 1.165) is 5.69 Å². The molecule has 13 heavy (non-hydrogen) atoms. The van der Waals surface area contributed by atoms with Gasteiger partial charge in [0.2, 0.25) is 0 Å². The van der Waals surface area contributed by atoms with Crippen LogP contribution in [0.2, 0.25) is 0 Å². The van der Waals surface area contributed by atoms with E-state index >= 15 is 0 Å². The van der Waals surface area contributed by atoms with Gasteiger partial charge in [-0.1, -0.05) is 0 Å². The molecular weight excluding hydrogens is 166 g/mol. The van der Waals surface area contributed by atoms with E-state index in [2.05, 4.69) is 10.1 Å². The molecule has 0 aliphatic heterocycles. The molecule has 0 bridgehead atoms. The number of aryl methyl sites for hydroxylation is 1. The van der Waals surface area contributed by atoms with Crippen LogP contribution in [-0.2, 0) is 7.05 Å². The van der Waals surface area contributed by atoms with Crippen molar-refractivity contribution in [3.8, 4) is 17.1 Å². The Hall–Kier alpha value is -1.84. The van der Waals surface area contributed by atoms with Gasteiger partial charge in [-0.25, -0.2) is 0 Å². The van der Waals surface area contributed by atoms with Crippen molar-refractivity contribution in [3.63, 3.8) is 0 Å². The minimum atomic E-state index is 0.172. The zero-order chi connectivity index (χ0) is 9.26. The van der Waals surface area contributed by atoms with Crippen LogP contribution < -0.4 is 0 Å². The summed E-state index contributed by atoms with van der Waals surface area (Å²) in [4.78, 5) is 4.07. The van der Waals surface area contributed by atoms with Gasteiger partial charge >= 0.3 is 0 Å². The minimum Gasteiger partial charge on any atom is -0.506 e. The van der Waals surface area contributed by atoms with Crippen LogP contribution in [0.15, 0.2) is 30.6 Å². The number of hydrogen-bond acceptors (Lipinski definition) is 3. The van der Waals surface area contributed by atoms with Crippen LogP contribution in [0.4, 0.5) is 0 Å². The Morgan fingerprint density at radius 1 is 1.31 bits per heavy atom. The van der Waals surface area contributed by atoms with Gasteiger partial charge in [0.1, 0.15) is 11.4 Å². The monoisotopic (exact) mass is 175 g/mol. The first-order chi connectivity index (χ1) is 6.29. The van der Waals surface area contributed by atoms with Gasteiger partial charge in [0, 0.05) is 19.4 Å². The molecule has 2 heterocycles. The summed E-state index contributed by atoms with van der Waals surface area (Å²) in [7, 11) is 1.81. The summed E-state index contributed by atoms with van der Waals surface area (Å²) in [6, 6.07) is 5.10. The zero-order valence-corrected chi connectivity index (χ0v) is 7.18. The Labute approximate surface area is 75.5 Å². The molecule has 0 saturated heterocycles. The average Bonchev–Trinajstić information content (AvgIpc) is 2.52. The maximum atomic E-state index is 9.50. The SMILES string of the molecule is Cn1nccc1-c1ncccc1O. The lowest BCUT2D eigenvalue weighted by molar-refractivity contribution is 0.474. The van der Waals surface area contributed by atoms with Crippen molar-refractivity contribution in [2.75, 3.05) is 0 Å². The normalized spacial score (nSPS) is 10.2. The lowest BCUT2D eigenvalue weighted by Gasteiger charge is -2.02. The minimum absolute atomic E-state index is 0.172. The van der Waals surface area contributed by atoms with Crippen molar-refractivity contribution in [2.24, 2.45) is 7.05 Å². The first-order valence-corrected chi connectivity index (χ1v) is 3.91. The van der Waals surface area contributed by atoms with Crippen molar-refractivity contribution in [1.29, 1.82) is 0 Å². The van der Waals surface area contributed by atoms with E-state index < -0.39 is 0 Å². The van der Waals surface area contributed by atoms with Gasteiger partial charge in [0.05, 0.1) is 5.69 Å². The van der Waals surface area contributed by atoms with E-state index in [0.29, 0.717) is 5.69 Å². The smallest absolute Gasteiger partial charge is 0.143 e. The molecular formula is C9H9N3O. The van der Waals surface area contributed by atoms with Gasteiger partial charge < -0.3 is 5.11 Å². The Bertz CT molecular complexity index is 422. The second-order valence-corrected chi connectivity index (χ2v) is 2.71. The third kappa shape index (κ3) is 1.26. The molecule has 0 amide bonds. The number of aromatic hydroxyl groups is 1. The summed E-state index contributed by atoms with van der Waals surface area (Å²) in [6.45, 7) is 0. The number of pyridine rings is 1. The van der Waals surface area contributed by atoms with Crippen LogP contribution in [-0.4, -0.2) is 19.9 Å². The van der Waals surface area contributed by atoms with Crippen molar-refractivity contribution >= 4 is 0 Å². The maximum Gasteiger partial charge on any atom is 0.143 e. The molecule has 1 N–H and O–H groups in total. The largest absolute Gasteiger partial charge is 0.506 e. The molecule has 4 nitrogen and oxygen atoms in total. The van der Waals surface area contributed by atoms with E-state index in [9.17, 15) is 5.11 Å². The molecule has 4 heteroatoms. The Balaban J connectivity index is 2.59. The van der Waals surface area contributed by atoms with E-state index in [4.69, 9.17) is 0 Å². The van der Waals surface area contributed by atoms with Gasteiger partial charge in [0.15, 0.2) is 0 Å². The quantitative estimate of drug-likeness (QED) is 0.708. The van der Waals surface area contributed by atoms with Crippen LogP contribution in [0.25, 0.3) is 11.4 Å². The van der Waals surface area contributed by atoms with Crippen LogP contribution in [0.1, 0.15) is 0 Å². The molecule has 0 aromatic carbocycles. The number of rotatable bonds is 1. The molecule has 66 valence electrons. The number of aromatic nitrogens is 3. The molecule has 0 fully saturated rings. The Morgan fingerprint density at radius 3 is 2.77 bits per heavy atom. The zero-order valence-electron chi connectivity index (χ0n) is 7.18. The summed E-state index contributed by atoms with van der Waals surface area (Å²) in [5.41, 5.74) is 1.36. The first-order valence-electron chi connectivity index (χ1n) is 3.91. The predicted octanol–water partition coefficient (Wildman–Crippen LogP) is 1.19. The Kier molecular flexibility index (Phi) is 1.73. The van der Waals surface area contributed by atoms with Gasteiger partial charge in [-0.05, 0) is 18.2 Å². The van der Waals surface area contributed by atoms with Crippen LogP contribution in [0.3, 0.4) is 0 Å². The highest BCUT2D eigenvalue weighted by Crippen LogP contribution is 2.24. The third-order valence-electron chi connectivity index (χ3n) is 1.85. The lowest BCUT2D eigenvalue weighted by atomic mass is 10.2. The summed E-state index contributed by atoms with van der Waals surface area (Å²) < 4.78 is 1.67. The summed E-state index contributed by atoms with van der Waals surface area (Å²) in [5.74, 6) is 0.172. The van der Waals surface area contributed by atoms with Crippen molar-refractivity contribution < 1.29 is 5.11 Å². The van der Waals surface area contributed by atoms with Crippen molar-refractivity contribution in [1.82, 2.24) is 14.8 Å². The standard InChI is InChI=1S/C9H9N3O/c1-12-7(4-6-11-12)9-8(13)3-2-5-10-9/h2-6,13H,1H3. The van der Waals surface area contributed by atoms with E-state index in [1.54, 1.807) is 29.2 Å². The number of nitrogens with zero attached hydrogens (tertiary/aromatic N) is 3. The van der Waals surface area contributed by atoms with E-state index in [1.807, 2.05) is 13.1 Å². The molecule has 2 aromatic heterocycles. The molecule has 0 saturated carbocycles. The topological polar surface area (TPSA) is 50.9 Å². The van der Waals surface area contributed by atoms with E-state index in [-0.39, 0.29) is 5.75 Å². The molecule has 0 aliphatic carbocycles. The highest BCUT2D eigenvalue weighted by Gasteiger charge is 2.07. The van der Waals surface area contributed by atoms with Gasteiger partial charge in [-0.15, -0.1) is 0 Å². The second kappa shape index (κ2) is 2.90. The third-order valence-corrected chi connectivity index (χ3v) is 1.85. The van der Waals surface area contributed by atoms with E-state index in [1.165, 1.54) is 0 Å². The Morgan fingerprint density at radius 2 is 2.15 bits per heavy atom. The molecule has 0 aliphatic rings. The van der Waals surface area contributed by atoms with Crippen molar-refractivity contribution in [3.05, 3.63) is 30.6 Å². The van der Waals surface area contributed by atoms with Crippen LogP contribution in [0, 0.1) is 0 Å². The van der Waals surface area contributed by atoms with Gasteiger partial charge in [-0.2, -0.15) is 5.10 Å². The highest BCUT2D eigenvalue weighted by atomic mass is 16.3. The highest BCUT2D eigenvalue weighted by molar-refractivity contribution is 5.61.